The Kier molecular flexibility index (Phi) is 7.03. The lowest BCUT2D eigenvalue weighted by atomic mass is 9.91. The zero-order valence-electron chi connectivity index (χ0n) is 22.1. The van der Waals surface area contributed by atoms with Crippen LogP contribution in [0.15, 0.2) is 70.6 Å². The highest BCUT2D eigenvalue weighted by Crippen LogP contribution is 2.28. The van der Waals surface area contributed by atoms with Crippen LogP contribution in [-0.2, 0) is 4.74 Å². The van der Waals surface area contributed by atoms with Gasteiger partial charge in [-0.2, -0.15) is 0 Å². The van der Waals surface area contributed by atoms with E-state index in [-0.39, 0.29) is 17.1 Å². The van der Waals surface area contributed by atoms with Gasteiger partial charge in [0.2, 0.25) is 0 Å². The van der Waals surface area contributed by atoms with Crippen LogP contribution in [0.1, 0.15) is 52.5 Å². The Balaban J connectivity index is 1.53. The van der Waals surface area contributed by atoms with Crippen LogP contribution >= 0.6 is 0 Å². The van der Waals surface area contributed by atoms with Crippen LogP contribution in [0.5, 0.6) is 0 Å². The molecule has 0 atom stereocenters. The molecule has 0 bridgehead atoms. The molecule has 1 saturated carbocycles. The second-order valence-corrected chi connectivity index (χ2v) is 10.8. The molecule has 4 aromatic rings. The number of fused-ring (bicyclic) bond motifs is 1. The molecule has 0 spiro atoms. The maximum Gasteiger partial charge on any atom is 0.407 e. The van der Waals surface area contributed by atoms with Gasteiger partial charge in [0.15, 0.2) is 5.65 Å². The summed E-state index contributed by atoms with van der Waals surface area (Å²) in [4.78, 5) is 48.0. The van der Waals surface area contributed by atoms with Gasteiger partial charge in [0.1, 0.15) is 11.4 Å². The highest BCUT2D eigenvalue weighted by Gasteiger charge is 2.29. The van der Waals surface area contributed by atoms with Crippen molar-refractivity contribution in [3.63, 3.8) is 0 Å². The van der Waals surface area contributed by atoms with E-state index in [1.54, 1.807) is 39.2 Å². The number of carbonyl (C=O) groups is 1. The molecule has 1 aliphatic carbocycles. The molecule has 1 amide bonds. The molecule has 1 N–H and O–H groups in total. The number of halogens is 1. The third-order valence-electron chi connectivity index (χ3n) is 6.77. The van der Waals surface area contributed by atoms with Crippen LogP contribution in [0.3, 0.4) is 0 Å². The van der Waals surface area contributed by atoms with Crippen molar-refractivity contribution in [1.29, 1.82) is 0 Å². The van der Waals surface area contributed by atoms with Crippen molar-refractivity contribution in [2.45, 2.75) is 64.1 Å². The van der Waals surface area contributed by atoms with Gasteiger partial charge in [-0.15, -0.1) is 0 Å². The van der Waals surface area contributed by atoms with E-state index in [0.717, 1.165) is 23.4 Å². The van der Waals surface area contributed by atoms with Gasteiger partial charge in [-0.25, -0.2) is 23.5 Å². The number of aromatic nitrogens is 4. The number of pyridine rings is 2. The summed E-state index contributed by atoms with van der Waals surface area (Å²) in [7, 11) is 0. The molecule has 5 rings (SSSR count). The lowest BCUT2D eigenvalue weighted by Gasteiger charge is -2.31. The van der Waals surface area contributed by atoms with E-state index in [4.69, 9.17) is 4.74 Å². The summed E-state index contributed by atoms with van der Waals surface area (Å²) in [6, 6.07) is 11.6. The Morgan fingerprint density at radius 3 is 2.46 bits per heavy atom. The van der Waals surface area contributed by atoms with Crippen molar-refractivity contribution in [3.8, 4) is 16.8 Å². The second kappa shape index (κ2) is 10.4. The molecule has 3 aromatic heterocycles. The zero-order chi connectivity index (χ0) is 27.7. The summed E-state index contributed by atoms with van der Waals surface area (Å²) in [6.07, 6.45) is 6.00. The number of ether oxygens (including phenoxy) is 1. The van der Waals surface area contributed by atoms with Crippen LogP contribution < -0.4 is 16.6 Å². The number of amides is 1. The molecule has 202 valence electrons. The normalized spacial score (nSPS) is 17.6. The average molecular weight is 532 g/mol. The molecule has 0 radical (unpaired) electrons. The summed E-state index contributed by atoms with van der Waals surface area (Å²) in [5.74, 6) is -0.661. The van der Waals surface area contributed by atoms with Crippen molar-refractivity contribution < 1.29 is 13.9 Å². The first kappa shape index (κ1) is 26.3. The van der Waals surface area contributed by atoms with E-state index in [9.17, 15) is 18.8 Å². The fourth-order valence-electron chi connectivity index (χ4n) is 5.05. The minimum atomic E-state index is -0.661. The van der Waals surface area contributed by atoms with Gasteiger partial charge in [-0.05, 0) is 76.3 Å². The van der Waals surface area contributed by atoms with E-state index >= 15 is 0 Å². The van der Waals surface area contributed by atoms with Gasteiger partial charge in [0.05, 0.1) is 17.3 Å². The fraction of sp³-hybridized carbons (Fsp3) is 0.345. The summed E-state index contributed by atoms with van der Waals surface area (Å²) in [6.45, 7) is 5.39. The second-order valence-electron chi connectivity index (χ2n) is 10.8. The first-order chi connectivity index (χ1) is 18.6. The Bertz CT molecular complexity index is 1630. The first-order valence-corrected chi connectivity index (χ1v) is 12.9. The minimum absolute atomic E-state index is 0.0235. The van der Waals surface area contributed by atoms with Crippen LogP contribution in [-0.4, -0.2) is 36.8 Å². The average Bonchev–Trinajstić information content (AvgIpc) is 2.90. The van der Waals surface area contributed by atoms with Crippen LogP contribution in [0, 0.1) is 5.82 Å². The van der Waals surface area contributed by atoms with Crippen LogP contribution in [0.4, 0.5) is 9.18 Å². The predicted molar refractivity (Wildman–Crippen MR) is 145 cm³/mol. The number of rotatable bonds is 4. The van der Waals surface area contributed by atoms with E-state index < -0.39 is 34.8 Å². The van der Waals surface area contributed by atoms with Crippen LogP contribution in [0.25, 0.3) is 27.8 Å². The van der Waals surface area contributed by atoms with Gasteiger partial charge >= 0.3 is 11.8 Å². The molecule has 10 heteroatoms. The smallest absolute Gasteiger partial charge is 0.407 e. The van der Waals surface area contributed by atoms with Crippen molar-refractivity contribution in [2.24, 2.45) is 0 Å². The third kappa shape index (κ3) is 5.59. The summed E-state index contributed by atoms with van der Waals surface area (Å²) in [5, 5.41) is 2.90. The quantitative estimate of drug-likeness (QED) is 0.407. The monoisotopic (exact) mass is 531 g/mol. The number of hydrogen-bond acceptors (Lipinski definition) is 6. The molecule has 0 aliphatic heterocycles. The molecule has 3 heterocycles. The molecular weight excluding hydrogens is 501 g/mol. The maximum atomic E-state index is 14.2. The van der Waals surface area contributed by atoms with E-state index in [1.165, 1.54) is 9.13 Å². The van der Waals surface area contributed by atoms with Gasteiger partial charge in [0, 0.05) is 30.0 Å². The Morgan fingerprint density at radius 2 is 1.77 bits per heavy atom. The maximum absolute atomic E-state index is 14.2. The lowest BCUT2D eigenvalue weighted by Crippen LogP contribution is -2.45. The molecule has 39 heavy (non-hydrogen) atoms. The van der Waals surface area contributed by atoms with Gasteiger partial charge in [-0.1, -0.05) is 18.2 Å². The van der Waals surface area contributed by atoms with E-state index in [1.807, 2.05) is 30.3 Å². The molecule has 0 saturated heterocycles. The Morgan fingerprint density at radius 1 is 1.03 bits per heavy atom. The van der Waals surface area contributed by atoms with Crippen LogP contribution in [0.2, 0.25) is 0 Å². The number of benzene rings is 1. The topological polar surface area (TPSA) is 108 Å². The number of nitrogens with one attached hydrogen (secondary N) is 1. The molecule has 1 aliphatic rings. The number of alkyl carbamates (subject to hydrolysis) is 1. The SMILES string of the molecule is CC(C)(C)OC(=O)N[C@H]1CC[C@@H](n2c(=O)c3cc(F)cnc3n(-c3cccc(-c4cccnc4)c3)c2=O)CC1. The fourth-order valence-corrected chi connectivity index (χ4v) is 5.05. The van der Waals surface area contributed by atoms with Crippen molar-refractivity contribution in [2.75, 3.05) is 0 Å². The summed E-state index contributed by atoms with van der Waals surface area (Å²) < 4.78 is 22.2. The van der Waals surface area contributed by atoms with E-state index in [0.29, 0.717) is 31.4 Å². The number of hydrogen-bond donors (Lipinski definition) is 1. The zero-order valence-corrected chi connectivity index (χ0v) is 22.1. The van der Waals surface area contributed by atoms with Gasteiger partial charge in [0.25, 0.3) is 5.56 Å². The lowest BCUT2D eigenvalue weighted by molar-refractivity contribution is 0.0487. The largest absolute Gasteiger partial charge is 0.444 e. The predicted octanol–water partition coefficient (Wildman–Crippen LogP) is 4.76. The summed E-state index contributed by atoms with van der Waals surface area (Å²) in [5.41, 5.74) is 0.547. The third-order valence-corrected chi connectivity index (χ3v) is 6.77. The Hall–Kier alpha value is -4.34. The molecule has 1 fully saturated rings. The van der Waals surface area contributed by atoms with Crippen molar-refractivity contribution >= 4 is 17.1 Å². The highest BCUT2D eigenvalue weighted by molar-refractivity contribution is 5.76. The number of carbonyl (C=O) groups excluding carboxylic acids is 1. The summed E-state index contributed by atoms with van der Waals surface area (Å²) >= 11 is 0. The van der Waals surface area contributed by atoms with Crippen molar-refractivity contribution in [1.82, 2.24) is 24.4 Å². The first-order valence-electron chi connectivity index (χ1n) is 12.9. The van der Waals surface area contributed by atoms with Gasteiger partial charge in [-0.3, -0.25) is 14.3 Å². The standard InChI is InChI=1S/C29H30FN5O4/c1-29(2,3)39-27(37)33-21-9-11-22(12-10-21)35-26(36)24-15-20(30)17-32-25(24)34(28(35)38)23-8-4-6-18(14-23)19-7-5-13-31-16-19/h4-8,13-17,21-22H,9-12H2,1-3H3,(H,33,37)/t21-,22+. The number of nitrogens with zero attached hydrogens (tertiary/aromatic N) is 4. The van der Waals surface area contributed by atoms with E-state index in [2.05, 4.69) is 15.3 Å². The molecular formula is C29H30FN5O4. The van der Waals surface area contributed by atoms with Crippen molar-refractivity contribution in [3.05, 3.63) is 87.7 Å². The molecule has 0 unspecified atom stereocenters. The Labute approximate surface area is 224 Å². The highest BCUT2D eigenvalue weighted by atomic mass is 19.1. The molecule has 9 nitrogen and oxygen atoms in total. The van der Waals surface area contributed by atoms with Gasteiger partial charge < -0.3 is 10.1 Å². The molecule has 1 aromatic carbocycles. The minimum Gasteiger partial charge on any atom is -0.444 e.